The Kier molecular flexibility index (Phi) is 5.51. The van der Waals surface area contributed by atoms with Gasteiger partial charge in [-0.15, -0.1) is 0 Å². The number of hydrogen-bond donors (Lipinski definition) is 1. The fourth-order valence-corrected chi connectivity index (χ4v) is 3.45. The van der Waals surface area contributed by atoms with Gasteiger partial charge in [0, 0.05) is 0 Å². The molecule has 1 N–H and O–H groups in total. The second-order valence-electron chi connectivity index (χ2n) is 5.87. The normalized spacial score (nSPS) is 16.9. The van der Waals surface area contributed by atoms with Gasteiger partial charge in [0.25, 0.3) is 10.1 Å². The van der Waals surface area contributed by atoms with E-state index < -0.39 is 22.7 Å². The minimum Gasteiger partial charge on any atom is -0.367 e. The van der Waals surface area contributed by atoms with Crippen molar-refractivity contribution in [2.24, 2.45) is 0 Å². The second-order valence-corrected chi connectivity index (χ2v) is 7.45. The van der Waals surface area contributed by atoms with Crippen molar-refractivity contribution in [1.82, 2.24) is 0 Å². The number of fused-ring (bicyclic) bond motifs is 1. The zero-order valence-electron chi connectivity index (χ0n) is 13.8. The first kappa shape index (κ1) is 18.0. The molecule has 7 heteroatoms. The molecule has 1 aliphatic rings. The van der Waals surface area contributed by atoms with Gasteiger partial charge in [0.2, 0.25) is 0 Å². The van der Waals surface area contributed by atoms with Crippen LogP contribution in [0, 0.1) is 6.92 Å². The van der Waals surface area contributed by atoms with Gasteiger partial charge in [-0.1, -0.05) is 42.0 Å². The fraction of sp³-hybridized carbons (Fsp3) is 0.333. The van der Waals surface area contributed by atoms with Crippen molar-refractivity contribution in [3.05, 3.63) is 65.2 Å². The number of aryl methyl sites for hydroxylation is 1. The van der Waals surface area contributed by atoms with Crippen molar-refractivity contribution in [3.63, 3.8) is 0 Å². The minimum absolute atomic E-state index is 0.00717. The lowest BCUT2D eigenvalue weighted by molar-refractivity contribution is -0.182. The molecule has 0 fully saturated rings. The summed E-state index contributed by atoms with van der Waals surface area (Å²) in [6.07, 6.45) is -2.42. The summed E-state index contributed by atoms with van der Waals surface area (Å²) in [5, 5.41) is 10.0. The van der Waals surface area contributed by atoms with E-state index in [0.717, 1.165) is 16.7 Å². The van der Waals surface area contributed by atoms with Crippen molar-refractivity contribution in [3.8, 4) is 0 Å². The van der Waals surface area contributed by atoms with Crippen LogP contribution in [0.4, 0.5) is 0 Å². The van der Waals surface area contributed by atoms with Crippen LogP contribution in [0.15, 0.2) is 53.4 Å². The van der Waals surface area contributed by atoms with Crippen LogP contribution < -0.4 is 0 Å². The van der Waals surface area contributed by atoms with E-state index in [4.69, 9.17) is 13.7 Å². The monoisotopic (exact) mass is 364 g/mol. The molecule has 1 aliphatic heterocycles. The summed E-state index contributed by atoms with van der Waals surface area (Å²) in [7, 11) is -4.05. The van der Waals surface area contributed by atoms with E-state index in [2.05, 4.69) is 0 Å². The molecule has 1 unspecified atom stereocenters. The Morgan fingerprint density at radius 2 is 1.64 bits per heavy atom. The molecular weight excluding hydrogens is 344 g/mol. The number of aliphatic hydroxyl groups excluding tert-OH is 1. The van der Waals surface area contributed by atoms with Crippen LogP contribution in [0.3, 0.4) is 0 Å². The summed E-state index contributed by atoms with van der Waals surface area (Å²) in [6, 6.07) is 13.9. The minimum atomic E-state index is -4.05. The van der Waals surface area contributed by atoms with Crippen LogP contribution >= 0.6 is 0 Å². The second kappa shape index (κ2) is 7.63. The Balaban J connectivity index is 1.59. The third kappa shape index (κ3) is 4.65. The Labute approximate surface area is 147 Å². The summed E-state index contributed by atoms with van der Waals surface area (Å²) in [6.45, 7) is 2.52. The number of hydrogen-bond acceptors (Lipinski definition) is 6. The highest BCUT2D eigenvalue weighted by Crippen LogP contribution is 2.22. The van der Waals surface area contributed by atoms with Gasteiger partial charge in [-0.2, -0.15) is 8.42 Å². The highest BCUT2D eigenvalue weighted by Gasteiger charge is 2.25. The van der Waals surface area contributed by atoms with Crippen molar-refractivity contribution in [2.45, 2.75) is 44.0 Å². The number of aliphatic hydroxyl groups is 1. The van der Waals surface area contributed by atoms with Gasteiger partial charge in [-0.05, 0) is 30.2 Å². The highest BCUT2D eigenvalue weighted by molar-refractivity contribution is 7.86. The van der Waals surface area contributed by atoms with Crippen LogP contribution in [-0.4, -0.2) is 26.1 Å². The smallest absolute Gasteiger partial charge is 0.299 e. The topological polar surface area (TPSA) is 82.1 Å². The van der Waals surface area contributed by atoms with Crippen LogP contribution in [0.1, 0.15) is 23.1 Å². The lowest BCUT2D eigenvalue weighted by Crippen LogP contribution is -2.26. The van der Waals surface area contributed by atoms with Crippen molar-refractivity contribution >= 4 is 10.1 Å². The molecule has 3 rings (SSSR count). The molecule has 0 saturated heterocycles. The van der Waals surface area contributed by atoms with E-state index in [1.807, 2.05) is 31.2 Å². The van der Waals surface area contributed by atoms with Gasteiger partial charge in [0.1, 0.15) is 0 Å². The molecule has 134 valence electrons. The van der Waals surface area contributed by atoms with E-state index >= 15 is 0 Å². The summed E-state index contributed by atoms with van der Waals surface area (Å²) >= 11 is 0. The molecule has 0 aliphatic carbocycles. The third-order valence-electron chi connectivity index (χ3n) is 3.91. The molecule has 25 heavy (non-hydrogen) atoms. The van der Waals surface area contributed by atoms with Gasteiger partial charge in [0.05, 0.1) is 24.5 Å². The molecule has 0 bridgehead atoms. The van der Waals surface area contributed by atoms with Crippen LogP contribution in [0.25, 0.3) is 0 Å². The van der Waals surface area contributed by atoms with Gasteiger partial charge in [-0.3, -0.25) is 0 Å². The molecule has 0 spiro atoms. The van der Waals surface area contributed by atoms with Crippen LogP contribution in [0.5, 0.6) is 0 Å². The summed E-state index contributed by atoms with van der Waals surface area (Å²) in [4.78, 5) is -0.00717. The van der Waals surface area contributed by atoms with Crippen molar-refractivity contribution < 1.29 is 27.2 Å². The highest BCUT2D eigenvalue weighted by atomic mass is 32.2. The van der Waals surface area contributed by atoms with Gasteiger partial charge >= 0.3 is 0 Å². The van der Waals surface area contributed by atoms with E-state index in [0.29, 0.717) is 13.2 Å². The van der Waals surface area contributed by atoms with Gasteiger partial charge in [0.15, 0.2) is 12.6 Å². The van der Waals surface area contributed by atoms with E-state index in [1.165, 1.54) is 12.1 Å². The molecule has 6 nitrogen and oxygen atoms in total. The standard InChI is InChI=1S/C18H20O6S/c1-13-6-8-16(9-7-13)25(20,21)24-17(19)10-18-22-11-14-4-2-3-5-15(14)12-23-18/h2-9,17-19H,10-12H2,1H3. The Hall–Kier alpha value is -1.77. The maximum Gasteiger partial charge on any atom is 0.299 e. The van der Waals surface area contributed by atoms with E-state index in [1.54, 1.807) is 12.1 Å². The Morgan fingerprint density at radius 3 is 2.20 bits per heavy atom. The van der Waals surface area contributed by atoms with E-state index in [9.17, 15) is 13.5 Å². The SMILES string of the molecule is Cc1ccc(S(=O)(=O)OC(O)CC2OCc3ccccc3CO2)cc1. The maximum absolute atomic E-state index is 12.2. The molecule has 0 amide bonds. The average Bonchev–Trinajstić information content (AvgIpc) is 2.77. The van der Waals surface area contributed by atoms with Crippen LogP contribution in [0.2, 0.25) is 0 Å². The summed E-state index contributed by atoms with van der Waals surface area (Å²) in [5.74, 6) is 0. The molecule has 2 aromatic rings. The molecule has 0 radical (unpaired) electrons. The fourth-order valence-electron chi connectivity index (χ4n) is 2.50. The summed E-state index contributed by atoms with van der Waals surface area (Å²) < 4.78 is 40.4. The van der Waals surface area contributed by atoms with Crippen LogP contribution in [-0.2, 0) is 37.0 Å². The molecule has 0 saturated carbocycles. The maximum atomic E-state index is 12.2. The molecule has 1 heterocycles. The van der Waals surface area contributed by atoms with Gasteiger partial charge < -0.3 is 14.6 Å². The first-order valence-electron chi connectivity index (χ1n) is 7.92. The van der Waals surface area contributed by atoms with Gasteiger partial charge in [-0.25, -0.2) is 4.18 Å². The number of ether oxygens (including phenoxy) is 2. The van der Waals surface area contributed by atoms with E-state index in [-0.39, 0.29) is 11.3 Å². The molecule has 1 atom stereocenters. The zero-order valence-corrected chi connectivity index (χ0v) is 14.6. The molecular formula is C18H20O6S. The Morgan fingerprint density at radius 1 is 1.08 bits per heavy atom. The summed E-state index contributed by atoms with van der Waals surface area (Å²) in [5.41, 5.74) is 2.94. The quantitative estimate of drug-likeness (QED) is 0.648. The van der Waals surface area contributed by atoms with Crippen molar-refractivity contribution in [1.29, 1.82) is 0 Å². The predicted octanol–water partition coefficient (Wildman–Crippen LogP) is 2.48. The zero-order chi connectivity index (χ0) is 17.9. The van der Waals surface area contributed by atoms with Crippen molar-refractivity contribution in [2.75, 3.05) is 0 Å². The first-order valence-corrected chi connectivity index (χ1v) is 9.33. The lowest BCUT2D eigenvalue weighted by atomic mass is 10.1. The molecule has 0 aromatic heterocycles. The first-order chi connectivity index (χ1) is 11.9. The largest absolute Gasteiger partial charge is 0.367 e. The third-order valence-corrected chi connectivity index (χ3v) is 5.23. The predicted molar refractivity (Wildman–Crippen MR) is 89.9 cm³/mol. The molecule has 2 aromatic carbocycles. The lowest BCUT2D eigenvalue weighted by Gasteiger charge is -2.19. The average molecular weight is 364 g/mol. The number of benzene rings is 2. The number of rotatable bonds is 5. The Bertz CT molecular complexity index is 789.